The van der Waals surface area contributed by atoms with Crippen LogP contribution >= 0.6 is 11.6 Å². The number of nitriles is 1. The molecule has 18 heavy (non-hydrogen) atoms. The molecule has 2 aromatic rings. The maximum atomic E-state index is 13.5. The van der Waals surface area contributed by atoms with Gasteiger partial charge in [-0.05, 0) is 24.3 Å². The molecule has 2 aromatic carbocycles. The Kier molecular flexibility index (Phi) is 3.81. The fourth-order valence-electron chi connectivity index (χ4n) is 1.51. The maximum Gasteiger partial charge on any atom is 0.137 e. The van der Waals surface area contributed by atoms with Crippen molar-refractivity contribution >= 4 is 11.6 Å². The lowest BCUT2D eigenvalue weighted by molar-refractivity contribution is 0.299. The van der Waals surface area contributed by atoms with E-state index >= 15 is 0 Å². The van der Waals surface area contributed by atoms with Gasteiger partial charge in [0.05, 0.1) is 10.6 Å². The van der Waals surface area contributed by atoms with Crippen LogP contribution in [0.5, 0.6) is 5.75 Å². The first-order chi connectivity index (χ1) is 8.72. The van der Waals surface area contributed by atoms with Crippen molar-refractivity contribution in [2.75, 3.05) is 0 Å². The topological polar surface area (TPSA) is 33.0 Å². The van der Waals surface area contributed by atoms with E-state index in [1.165, 1.54) is 12.1 Å². The summed E-state index contributed by atoms with van der Waals surface area (Å²) in [6.45, 7) is -0.00972. The highest BCUT2D eigenvalue weighted by Gasteiger charge is 2.09. The molecule has 0 aromatic heterocycles. The molecular weight excluding hydrogens is 253 g/mol. The molecule has 0 fully saturated rings. The summed E-state index contributed by atoms with van der Waals surface area (Å²) in [6, 6.07) is 13.2. The minimum absolute atomic E-state index is 0.00972. The molecule has 4 heteroatoms. The molecule has 2 nitrogen and oxygen atoms in total. The number of hydrogen-bond donors (Lipinski definition) is 0. The molecule has 0 aliphatic heterocycles. The monoisotopic (exact) mass is 261 g/mol. The molecule has 0 saturated carbocycles. The predicted octanol–water partition coefficient (Wildman–Crippen LogP) is 3.93. The average Bonchev–Trinajstić information content (AvgIpc) is 2.38. The molecule has 0 aliphatic rings. The molecule has 0 aliphatic carbocycles. The fraction of sp³-hybridized carbons (Fsp3) is 0.0714. The molecule has 0 saturated heterocycles. The van der Waals surface area contributed by atoms with Crippen molar-refractivity contribution < 1.29 is 9.13 Å². The zero-order valence-corrected chi connectivity index (χ0v) is 10.1. The van der Waals surface area contributed by atoms with Gasteiger partial charge < -0.3 is 4.74 Å². The Morgan fingerprint density at radius 3 is 2.67 bits per heavy atom. The summed E-state index contributed by atoms with van der Waals surface area (Å²) >= 11 is 5.88. The first-order valence-corrected chi connectivity index (χ1v) is 5.65. The van der Waals surface area contributed by atoms with Gasteiger partial charge in [0.25, 0.3) is 0 Å². The van der Waals surface area contributed by atoms with Crippen LogP contribution in [-0.2, 0) is 6.61 Å². The number of nitrogens with zero attached hydrogens (tertiary/aromatic N) is 1. The zero-order valence-electron chi connectivity index (χ0n) is 9.36. The Morgan fingerprint density at radius 1 is 1.17 bits per heavy atom. The molecule has 0 heterocycles. The van der Waals surface area contributed by atoms with Gasteiger partial charge in [0.15, 0.2) is 0 Å². The average molecular weight is 262 g/mol. The molecule has 0 N–H and O–H groups in total. The minimum Gasteiger partial charge on any atom is -0.487 e. The van der Waals surface area contributed by atoms with Gasteiger partial charge in [-0.1, -0.05) is 29.8 Å². The first-order valence-electron chi connectivity index (χ1n) is 5.27. The summed E-state index contributed by atoms with van der Waals surface area (Å²) in [4.78, 5) is 0. The van der Waals surface area contributed by atoms with Crippen LogP contribution in [0.25, 0.3) is 0 Å². The highest BCUT2D eigenvalue weighted by atomic mass is 35.5. The minimum atomic E-state index is -0.420. The van der Waals surface area contributed by atoms with Gasteiger partial charge >= 0.3 is 0 Å². The van der Waals surface area contributed by atoms with Crippen LogP contribution in [0, 0.1) is 17.1 Å². The van der Waals surface area contributed by atoms with Gasteiger partial charge in [-0.3, -0.25) is 0 Å². The van der Waals surface area contributed by atoms with Crippen LogP contribution in [-0.4, -0.2) is 0 Å². The fourth-order valence-corrected chi connectivity index (χ4v) is 1.72. The lowest BCUT2D eigenvalue weighted by atomic mass is 10.2. The number of benzene rings is 2. The van der Waals surface area contributed by atoms with Crippen LogP contribution in [0.15, 0.2) is 42.5 Å². The first kappa shape index (κ1) is 12.4. The van der Waals surface area contributed by atoms with Crippen LogP contribution in [0.2, 0.25) is 5.02 Å². The standard InChI is InChI=1S/C14H9ClFNO/c15-12-5-3-6-13(16)11(12)9-18-14-7-2-1-4-10(14)8-17/h1-7H,9H2. The Hall–Kier alpha value is -2.05. The molecule has 0 atom stereocenters. The van der Waals surface area contributed by atoms with E-state index in [4.69, 9.17) is 21.6 Å². The van der Waals surface area contributed by atoms with E-state index in [1.54, 1.807) is 30.3 Å². The van der Waals surface area contributed by atoms with Gasteiger partial charge in [-0.25, -0.2) is 4.39 Å². The molecule has 0 amide bonds. The Bertz CT molecular complexity index is 587. The number of halogens is 2. The molecule has 90 valence electrons. The van der Waals surface area contributed by atoms with Gasteiger partial charge in [-0.2, -0.15) is 5.26 Å². The number of rotatable bonds is 3. The summed E-state index contributed by atoms with van der Waals surface area (Å²) < 4.78 is 18.9. The quantitative estimate of drug-likeness (QED) is 0.839. The van der Waals surface area contributed by atoms with Crippen molar-refractivity contribution in [1.29, 1.82) is 5.26 Å². The SMILES string of the molecule is N#Cc1ccccc1OCc1c(F)cccc1Cl. The van der Waals surface area contributed by atoms with Crippen LogP contribution in [0.1, 0.15) is 11.1 Å². The molecule has 0 radical (unpaired) electrons. The van der Waals surface area contributed by atoms with Gasteiger partial charge in [0.2, 0.25) is 0 Å². The van der Waals surface area contributed by atoms with Crippen molar-refractivity contribution in [2.24, 2.45) is 0 Å². The maximum absolute atomic E-state index is 13.5. The Labute approximate surface area is 109 Å². The highest BCUT2D eigenvalue weighted by molar-refractivity contribution is 6.31. The lowest BCUT2D eigenvalue weighted by Crippen LogP contribution is -2.00. The van der Waals surface area contributed by atoms with Gasteiger partial charge in [0.1, 0.15) is 24.2 Å². The zero-order chi connectivity index (χ0) is 13.0. The highest BCUT2D eigenvalue weighted by Crippen LogP contribution is 2.23. The summed E-state index contributed by atoms with van der Waals surface area (Å²) in [7, 11) is 0. The van der Waals surface area contributed by atoms with Gasteiger partial charge in [-0.15, -0.1) is 0 Å². The second kappa shape index (κ2) is 5.52. The molecular formula is C14H9ClFNO. The predicted molar refractivity (Wildman–Crippen MR) is 66.9 cm³/mol. The van der Waals surface area contributed by atoms with E-state index < -0.39 is 5.82 Å². The van der Waals surface area contributed by atoms with E-state index in [0.717, 1.165) is 0 Å². The summed E-state index contributed by atoms with van der Waals surface area (Å²) in [5.74, 6) is -0.00346. The molecule has 0 spiro atoms. The largest absolute Gasteiger partial charge is 0.487 e. The van der Waals surface area contributed by atoms with Crippen molar-refractivity contribution in [3.8, 4) is 11.8 Å². The third-order valence-corrected chi connectivity index (χ3v) is 2.80. The third-order valence-electron chi connectivity index (χ3n) is 2.44. The van der Waals surface area contributed by atoms with Crippen molar-refractivity contribution in [2.45, 2.75) is 6.61 Å². The number of ether oxygens (including phenoxy) is 1. The van der Waals surface area contributed by atoms with E-state index in [1.807, 2.05) is 6.07 Å². The third kappa shape index (κ3) is 2.61. The van der Waals surface area contributed by atoms with Crippen molar-refractivity contribution in [1.82, 2.24) is 0 Å². The normalized spacial score (nSPS) is 9.83. The van der Waals surface area contributed by atoms with Crippen molar-refractivity contribution in [3.63, 3.8) is 0 Å². The van der Waals surface area contributed by atoms with Crippen LogP contribution < -0.4 is 4.74 Å². The Balaban J connectivity index is 2.20. The summed E-state index contributed by atoms with van der Waals surface area (Å²) in [5, 5.41) is 9.20. The molecule has 2 rings (SSSR count). The lowest BCUT2D eigenvalue weighted by Gasteiger charge is -2.09. The number of para-hydroxylation sites is 1. The van der Waals surface area contributed by atoms with E-state index in [0.29, 0.717) is 16.3 Å². The molecule has 0 bridgehead atoms. The van der Waals surface area contributed by atoms with Crippen LogP contribution in [0.4, 0.5) is 4.39 Å². The van der Waals surface area contributed by atoms with Gasteiger partial charge in [0, 0.05) is 5.56 Å². The van der Waals surface area contributed by atoms with E-state index in [-0.39, 0.29) is 12.2 Å². The summed E-state index contributed by atoms with van der Waals surface area (Å²) in [6.07, 6.45) is 0. The second-order valence-electron chi connectivity index (χ2n) is 3.60. The second-order valence-corrected chi connectivity index (χ2v) is 4.00. The van der Waals surface area contributed by atoms with Crippen LogP contribution in [0.3, 0.4) is 0 Å². The van der Waals surface area contributed by atoms with Crippen molar-refractivity contribution in [3.05, 3.63) is 64.4 Å². The number of hydrogen-bond acceptors (Lipinski definition) is 2. The smallest absolute Gasteiger partial charge is 0.137 e. The van der Waals surface area contributed by atoms with E-state index in [9.17, 15) is 4.39 Å². The van der Waals surface area contributed by atoms with E-state index in [2.05, 4.69) is 0 Å². The molecule has 0 unspecified atom stereocenters. The Morgan fingerprint density at radius 2 is 1.94 bits per heavy atom. The summed E-state index contributed by atoms with van der Waals surface area (Å²) in [5.41, 5.74) is 0.692.